The van der Waals surface area contributed by atoms with Crippen LogP contribution < -0.4 is 10.6 Å². The summed E-state index contributed by atoms with van der Waals surface area (Å²) in [6, 6.07) is 15.7. The van der Waals surface area contributed by atoms with Crippen LogP contribution in [0.3, 0.4) is 0 Å². The summed E-state index contributed by atoms with van der Waals surface area (Å²) < 4.78 is -0.535. The average Bonchev–Trinajstić information content (AvgIpc) is 3.17. The summed E-state index contributed by atoms with van der Waals surface area (Å²) in [6.45, 7) is 7.92. The molecule has 3 amide bonds. The Balaban J connectivity index is 1.77. The zero-order valence-electron chi connectivity index (χ0n) is 20.8. The molecule has 1 heterocycles. The van der Waals surface area contributed by atoms with Crippen molar-refractivity contribution in [2.75, 3.05) is 5.88 Å². The number of nitrogens with one attached hydrogen (secondary N) is 2. The van der Waals surface area contributed by atoms with Crippen LogP contribution in [-0.2, 0) is 27.3 Å². The maximum Gasteiger partial charge on any atom is 0.254 e. The maximum atomic E-state index is 13.5. The summed E-state index contributed by atoms with van der Waals surface area (Å²) in [4.78, 5) is 40.4. The Morgan fingerprint density at radius 2 is 1.77 bits per heavy atom. The number of benzene rings is 2. The number of thioether (sulfide) groups is 1. The molecule has 1 aliphatic rings. The van der Waals surface area contributed by atoms with Gasteiger partial charge in [0.1, 0.15) is 6.04 Å². The van der Waals surface area contributed by atoms with Gasteiger partial charge in [-0.3, -0.25) is 14.4 Å². The van der Waals surface area contributed by atoms with E-state index in [1.807, 2.05) is 75.4 Å². The van der Waals surface area contributed by atoms with Crippen LogP contribution in [-0.4, -0.2) is 56.5 Å². The topological polar surface area (TPSA) is 98.7 Å². The van der Waals surface area contributed by atoms with Crippen molar-refractivity contribution in [1.82, 2.24) is 15.5 Å². The zero-order valence-corrected chi connectivity index (χ0v) is 21.6. The number of nitrogens with zero attached hydrogens (tertiary/aromatic N) is 1. The number of amides is 3. The molecule has 8 heteroatoms. The summed E-state index contributed by atoms with van der Waals surface area (Å²) in [7, 11) is 0. The van der Waals surface area contributed by atoms with Crippen molar-refractivity contribution in [3.8, 4) is 0 Å². The molecule has 3 atom stereocenters. The Kier molecular flexibility index (Phi) is 8.97. The third-order valence-electron chi connectivity index (χ3n) is 6.39. The molecule has 0 saturated carbocycles. The molecule has 0 aliphatic carbocycles. The van der Waals surface area contributed by atoms with Crippen molar-refractivity contribution in [2.45, 2.75) is 70.0 Å². The number of hydrogen-bond acceptors (Lipinski definition) is 5. The molecule has 0 radical (unpaired) electrons. The molecule has 3 rings (SSSR count). The lowest BCUT2D eigenvalue weighted by Gasteiger charge is -2.33. The third kappa shape index (κ3) is 6.64. The zero-order chi connectivity index (χ0) is 25.6. The molecule has 0 spiro atoms. The van der Waals surface area contributed by atoms with Gasteiger partial charge >= 0.3 is 0 Å². The molecule has 7 nitrogen and oxygen atoms in total. The van der Waals surface area contributed by atoms with E-state index < -0.39 is 28.8 Å². The maximum absolute atomic E-state index is 13.5. The fourth-order valence-corrected chi connectivity index (χ4v) is 5.40. The van der Waals surface area contributed by atoms with Crippen LogP contribution in [0, 0.1) is 6.92 Å². The summed E-state index contributed by atoms with van der Waals surface area (Å²) in [5.41, 5.74) is 2.98. The summed E-state index contributed by atoms with van der Waals surface area (Å²) in [5, 5.41) is 16.9. The van der Waals surface area contributed by atoms with Gasteiger partial charge in [-0.25, -0.2) is 0 Å². The van der Waals surface area contributed by atoms with Gasteiger partial charge in [0.2, 0.25) is 11.8 Å². The molecule has 1 saturated heterocycles. The summed E-state index contributed by atoms with van der Waals surface area (Å²) >= 11 is 1.49. The second-order valence-corrected chi connectivity index (χ2v) is 11.0. The molecule has 0 unspecified atom stereocenters. The highest BCUT2D eigenvalue weighted by atomic mass is 32.2. The summed E-state index contributed by atoms with van der Waals surface area (Å²) in [6.07, 6.45) is -0.941. The molecule has 0 aromatic heterocycles. The Morgan fingerprint density at radius 1 is 1.11 bits per heavy atom. The number of rotatable bonds is 9. The largest absolute Gasteiger partial charge is 0.381 e. The van der Waals surface area contributed by atoms with E-state index in [9.17, 15) is 19.5 Å². The van der Waals surface area contributed by atoms with Crippen LogP contribution in [0.25, 0.3) is 0 Å². The predicted octanol–water partition coefficient (Wildman–Crippen LogP) is 2.79. The number of carbonyl (C=O) groups excluding carboxylic acids is 3. The first-order valence-corrected chi connectivity index (χ1v) is 12.9. The predicted molar refractivity (Wildman–Crippen MR) is 139 cm³/mol. The second kappa shape index (κ2) is 11.7. The molecule has 2 aromatic carbocycles. The van der Waals surface area contributed by atoms with Crippen LogP contribution in [0.5, 0.6) is 0 Å². The van der Waals surface area contributed by atoms with Gasteiger partial charge in [0.15, 0.2) is 6.10 Å². The number of aliphatic hydroxyl groups is 1. The molecule has 35 heavy (non-hydrogen) atoms. The highest BCUT2D eigenvalue weighted by Gasteiger charge is 2.49. The Bertz CT molecular complexity index is 1040. The van der Waals surface area contributed by atoms with Gasteiger partial charge in [0, 0.05) is 17.7 Å². The van der Waals surface area contributed by atoms with Crippen molar-refractivity contribution >= 4 is 29.5 Å². The van der Waals surface area contributed by atoms with Gasteiger partial charge in [-0.1, -0.05) is 61.5 Å². The van der Waals surface area contributed by atoms with E-state index in [1.165, 1.54) is 16.7 Å². The van der Waals surface area contributed by atoms with E-state index >= 15 is 0 Å². The molecule has 2 aromatic rings. The highest BCUT2D eigenvalue weighted by molar-refractivity contribution is 8.00. The van der Waals surface area contributed by atoms with Gasteiger partial charge in [-0.05, 0) is 43.9 Å². The first-order valence-electron chi connectivity index (χ1n) is 11.9. The smallest absolute Gasteiger partial charge is 0.254 e. The Labute approximate surface area is 211 Å². The fourth-order valence-electron chi connectivity index (χ4n) is 4.26. The van der Waals surface area contributed by atoms with Crippen molar-refractivity contribution in [1.29, 1.82) is 0 Å². The lowest BCUT2D eigenvalue weighted by molar-refractivity contribution is -0.147. The second-order valence-electron chi connectivity index (χ2n) is 9.39. The minimum Gasteiger partial charge on any atom is -0.381 e. The van der Waals surface area contributed by atoms with Crippen LogP contribution in [0.15, 0.2) is 54.6 Å². The van der Waals surface area contributed by atoms with E-state index in [2.05, 4.69) is 10.6 Å². The first kappa shape index (κ1) is 26.8. The van der Waals surface area contributed by atoms with Crippen molar-refractivity contribution < 1.29 is 19.5 Å². The Morgan fingerprint density at radius 3 is 2.43 bits per heavy atom. The summed E-state index contributed by atoms with van der Waals surface area (Å²) in [5.74, 6) is -0.788. The van der Waals surface area contributed by atoms with Gasteiger partial charge in [0.25, 0.3) is 5.91 Å². The van der Waals surface area contributed by atoms with Gasteiger partial charge in [0.05, 0.1) is 11.9 Å². The normalized spacial score (nSPS) is 18.5. The van der Waals surface area contributed by atoms with Crippen molar-refractivity contribution in [3.05, 3.63) is 71.3 Å². The van der Waals surface area contributed by atoms with Gasteiger partial charge < -0.3 is 20.6 Å². The van der Waals surface area contributed by atoms with Crippen LogP contribution in [0.4, 0.5) is 0 Å². The van der Waals surface area contributed by atoms with E-state index in [1.54, 1.807) is 6.92 Å². The monoisotopic (exact) mass is 497 g/mol. The van der Waals surface area contributed by atoms with Crippen LogP contribution in [0.2, 0.25) is 0 Å². The molecular formula is C27H35N3O4S. The van der Waals surface area contributed by atoms with Crippen molar-refractivity contribution in [2.24, 2.45) is 0 Å². The molecule has 3 N–H and O–H groups in total. The molecule has 188 valence electrons. The number of carbonyl (C=O) groups is 3. The van der Waals surface area contributed by atoms with E-state index in [4.69, 9.17) is 0 Å². The lowest BCUT2D eigenvalue weighted by atomic mass is 9.97. The standard InChI is InChI=1S/C27H35N3O4S/c1-5-22(31)29-21(15-19-12-7-6-8-13-19)23(32)26(34)30-17-35-27(3,4)24(30)25(33)28-16-20-14-10-9-11-18(20)2/h6-14,21,23-24,32H,5,15-17H2,1-4H3,(H,28,33)(H,29,31)/t21-,23-,24+/m0/s1. The molecule has 1 aliphatic heterocycles. The minimum atomic E-state index is -1.48. The van der Waals surface area contributed by atoms with Gasteiger partial charge in [-0.2, -0.15) is 0 Å². The van der Waals surface area contributed by atoms with E-state index in [0.29, 0.717) is 13.0 Å². The number of aryl methyl sites for hydroxylation is 1. The molecule has 0 bridgehead atoms. The lowest BCUT2D eigenvalue weighted by Crippen LogP contribution is -2.58. The minimum absolute atomic E-state index is 0.239. The highest BCUT2D eigenvalue weighted by Crippen LogP contribution is 2.40. The Hall–Kier alpha value is -2.84. The van der Waals surface area contributed by atoms with Crippen molar-refractivity contribution in [3.63, 3.8) is 0 Å². The number of hydrogen-bond donors (Lipinski definition) is 3. The number of aliphatic hydroxyl groups excluding tert-OH is 1. The van der Waals surface area contributed by atoms with Crippen LogP contribution >= 0.6 is 11.8 Å². The first-order chi connectivity index (χ1) is 16.6. The SMILES string of the molecule is CCC(=O)N[C@@H](Cc1ccccc1)[C@H](O)C(=O)N1CSC(C)(C)[C@H]1C(=O)NCc1ccccc1C. The third-order valence-corrected chi connectivity index (χ3v) is 7.77. The van der Waals surface area contributed by atoms with E-state index in [0.717, 1.165) is 16.7 Å². The van der Waals surface area contributed by atoms with Crippen LogP contribution in [0.1, 0.15) is 43.9 Å². The quantitative estimate of drug-likeness (QED) is 0.495. The van der Waals surface area contributed by atoms with Gasteiger partial charge in [-0.15, -0.1) is 11.8 Å². The molecular weight excluding hydrogens is 462 g/mol. The average molecular weight is 498 g/mol. The fraction of sp³-hybridized carbons (Fsp3) is 0.444. The molecule has 1 fully saturated rings. The van der Waals surface area contributed by atoms with E-state index in [-0.39, 0.29) is 24.1 Å².